The highest BCUT2D eigenvalue weighted by atomic mass is 79.9. The average molecular weight is 121 g/mol. The van der Waals surface area contributed by atoms with Gasteiger partial charge in [0.2, 0.25) is 0 Å². The zero-order valence-corrected chi connectivity index (χ0v) is 3.62. The Labute approximate surface area is 33.6 Å². The summed E-state index contributed by atoms with van der Waals surface area (Å²) >= 11 is 2.89. The van der Waals surface area contributed by atoms with Crippen LogP contribution < -0.4 is 5.73 Å². The van der Waals surface area contributed by atoms with E-state index in [1.165, 1.54) is 4.99 Å². The largest absolute Gasteiger partial charge is 0.397 e. The predicted molar refractivity (Wildman–Crippen MR) is 20.9 cm³/mol. The van der Waals surface area contributed by atoms with Gasteiger partial charge in [-0.2, -0.15) is 0 Å². The summed E-state index contributed by atoms with van der Waals surface area (Å²) in [5, 5.41) is 0. The van der Waals surface area contributed by atoms with E-state index in [9.17, 15) is 0 Å². The second kappa shape index (κ2) is 3.02. The van der Waals surface area contributed by atoms with Crippen LogP contribution in [-0.2, 0) is 0 Å². The van der Waals surface area contributed by atoms with Crippen LogP contribution >= 0.6 is 15.9 Å². The lowest BCUT2D eigenvalue weighted by molar-refractivity contribution is 1.56. The Morgan fingerprint density at radius 3 is 2.25 bits per heavy atom. The Bertz CT molecular complexity index is 21.2. The highest BCUT2D eigenvalue weighted by Gasteiger charge is 1.38. The molecule has 0 aromatic rings. The molecule has 2 heteroatoms. The molecule has 0 heterocycles. The molecular formula is C2H3BrN. The topological polar surface area (TPSA) is 26.0 Å². The molecule has 2 N–H and O–H groups in total. The monoisotopic (exact) mass is 120 g/mol. The molecule has 0 aromatic carbocycles. The van der Waals surface area contributed by atoms with E-state index in [0.29, 0.717) is 0 Å². The van der Waals surface area contributed by atoms with Crippen LogP contribution in [0, 0.1) is 6.20 Å². The lowest BCUT2D eigenvalue weighted by atomic mass is 11.1. The number of rotatable bonds is 0. The number of hydrogen-bond acceptors (Lipinski definition) is 1. The summed E-state index contributed by atoms with van der Waals surface area (Å²) in [4.78, 5) is 1.47. The minimum absolute atomic E-state index is 1.47. The smallest absolute Gasteiger partial charge is 0.0623 e. The van der Waals surface area contributed by atoms with E-state index in [-0.39, 0.29) is 0 Å². The van der Waals surface area contributed by atoms with E-state index in [1.807, 2.05) is 0 Å². The molecule has 0 aromatic heterocycles. The Balaban J connectivity index is 2.55. The van der Waals surface area contributed by atoms with Crippen LogP contribution in [0.4, 0.5) is 0 Å². The summed E-state index contributed by atoms with van der Waals surface area (Å²) in [7, 11) is 0. The molecule has 1 nitrogen and oxygen atoms in total. The molecule has 23 valence electrons. The lowest BCUT2D eigenvalue weighted by Crippen LogP contribution is -1.71. The van der Waals surface area contributed by atoms with Crippen LogP contribution in [0.25, 0.3) is 0 Å². The van der Waals surface area contributed by atoms with Gasteiger partial charge in [-0.3, -0.25) is 0 Å². The van der Waals surface area contributed by atoms with Crippen LogP contribution in [0.1, 0.15) is 0 Å². The summed E-state index contributed by atoms with van der Waals surface area (Å²) in [5.74, 6) is 0. The number of halogens is 1. The summed E-state index contributed by atoms with van der Waals surface area (Å²) in [6, 6.07) is 0. The Morgan fingerprint density at radius 2 is 2.25 bits per heavy atom. The molecule has 0 atom stereocenters. The molecule has 0 aliphatic carbocycles. The van der Waals surface area contributed by atoms with E-state index in [2.05, 4.69) is 27.9 Å². The second-order valence-electron chi connectivity index (χ2n) is 0.276. The van der Waals surface area contributed by atoms with Crippen molar-refractivity contribution in [1.82, 2.24) is 0 Å². The van der Waals surface area contributed by atoms with Crippen molar-refractivity contribution in [2.75, 3.05) is 0 Å². The molecule has 4 heavy (non-hydrogen) atoms. The van der Waals surface area contributed by atoms with Gasteiger partial charge in [0.25, 0.3) is 0 Å². The Kier molecular flexibility index (Phi) is 3.04. The van der Waals surface area contributed by atoms with Gasteiger partial charge in [0, 0.05) is 4.99 Å². The van der Waals surface area contributed by atoms with Crippen molar-refractivity contribution in [3.8, 4) is 0 Å². The zero-order chi connectivity index (χ0) is 3.41. The van der Waals surface area contributed by atoms with E-state index in [0.717, 1.165) is 0 Å². The fourth-order valence-electron chi connectivity index (χ4n) is 0. The van der Waals surface area contributed by atoms with E-state index in [4.69, 9.17) is 0 Å². The fourth-order valence-corrected chi connectivity index (χ4v) is 0. The highest BCUT2D eigenvalue weighted by molar-refractivity contribution is 9.11. The molecule has 0 aliphatic rings. The van der Waals surface area contributed by atoms with Gasteiger partial charge in [0.15, 0.2) is 0 Å². The van der Waals surface area contributed by atoms with Crippen molar-refractivity contribution in [3.63, 3.8) is 0 Å². The molecule has 0 saturated carbocycles. The third kappa shape index (κ3) is 2.02. The van der Waals surface area contributed by atoms with Crippen molar-refractivity contribution in [3.05, 3.63) is 11.2 Å². The maximum absolute atomic E-state index is 4.68. The van der Waals surface area contributed by atoms with Crippen LogP contribution in [0.15, 0.2) is 4.99 Å². The second-order valence-corrected chi connectivity index (χ2v) is 0.734. The van der Waals surface area contributed by atoms with Gasteiger partial charge >= 0.3 is 0 Å². The number of nitrogens with two attached hydrogens (primary N) is 1. The standard InChI is InChI=1S/C2H3BrN/c3-1-2-4/h1H,4H2. The van der Waals surface area contributed by atoms with Crippen molar-refractivity contribution in [2.45, 2.75) is 0 Å². The van der Waals surface area contributed by atoms with E-state index >= 15 is 0 Å². The van der Waals surface area contributed by atoms with E-state index < -0.39 is 0 Å². The molecule has 0 rings (SSSR count). The summed E-state index contributed by atoms with van der Waals surface area (Å²) in [6.45, 7) is 0. The van der Waals surface area contributed by atoms with Gasteiger partial charge in [-0.15, -0.1) is 0 Å². The Morgan fingerprint density at radius 1 is 2.00 bits per heavy atom. The molecule has 0 amide bonds. The summed E-state index contributed by atoms with van der Waals surface area (Å²) < 4.78 is 0. The highest BCUT2D eigenvalue weighted by Crippen LogP contribution is 1.71. The van der Waals surface area contributed by atoms with Crippen LogP contribution in [-0.4, -0.2) is 0 Å². The maximum Gasteiger partial charge on any atom is 0.0623 e. The van der Waals surface area contributed by atoms with Gasteiger partial charge in [0.1, 0.15) is 0 Å². The normalized spacial score (nSPS) is 9.25. The molecular weight excluding hydrogens is 118 g/mol. The molecule has 0 aliphatic heterocycles. The summed E-state index contributed by atoms with van der Waals surface area (Å²) in [6.07, 6.45) is 2.22. The molecule has 0 fully saturated rings. The molecule has 0 saturated heterocycles. The van der Waals surface area contributed by atoms with Gasteiger partial charge < -0.3 is 5.73 Å². The van der Waals surface area contributed by atoms with E-state index in [1.54, 1.807) is 0 Å². The quantitative estimate of drug-likeness (QED) is 0.467. The minimum Gasteiger partial charge on any atom is -0.397 e. The van der Waals surface area contributed by atoms with Crippen molar-refractivity contribution in [1.29, 1.82) is 0 Å². The molecule has 1 radical (unpaired) electrons. The molecule has 0 unspecified atom stereocenters. The first kappa shape index (κ1) is 4.02. The maximum atomic E-state index is 4.68. The Hall–Kier alpha value is 0.0200. The minimum atomic E-state index is 1.47. The summed E-state index contributed by atoms with van der Waals surface area (Å²) in [5.41, 5.74) is 4.68. The predicted octanol–water partition coefficient (Wildman–Crippen LogP) is 0.614. The van der Waals surface area contributed by atoms with Gasteiger partial charge in [-0.1, -0.05) is 15.9 Å². The zero-order valence-electron chi connectivity index (χ0n) is 2.03. The van der Waals surface area contributed by atoms with Crippen molar-refractivity contribution in [2.24, 2.45) is 5.73 Å². The SMILES string of the molecule is N[C]=CBr. The van der Waals surface area contributed by atoms with Crippen LogP contribution in [0.3, 0.4) is 0 Å². The third-order valence-electron chi connectivity index (χ3n) is 0.0630. The molecule has 0 bridgehead atoms. The van der Waals surface area contributed by atoms with Gasteiger partial charge in [0.05, 0.1) is 6.20 Å². The first-order chi connectivity index (χ1) is 1.91. The van der Waals surface area contributed by atoms with Gasteiger partial charge in [-0.25, -0.2) is 0 Å². The first-order valence-electron chi connectivity index (χ1n) is 0.796. The van der Waals surface area contributed by atoms with Gasteiger partial charge in [-0.05, 0) is 0 Å². The number of hydrogen-bond donors (Lipinski definition) is 1. The van der Waals surface area contributed by atoms with Crippen molar-refractivity contribution < 1.29 is 0 Å². The van der Waals surface area contributed by atoms with Crippen LogP contribution in [0.5, 0.6) is 0 Å². The van der Waals surface area contributed by atoms with Crippen molar-refractivity contribution >= 4 is 15.9 Å². The average Bonchev–Trinajstić information content (AvgIpc) is 1.37. The first-order valence-corrected chi connectivity index (χ1v) is 1.71. The fraction of sp³-hybridized carbons (Fsp3) is 0. The lowest BCUT2D eigenvalue weighted by Gasteiger charge is -1.49. The van der Waals surface area contributed by atoms with Crippen LogP contribution in [0.2, 0.25) is 0 Å². The third-order valence-corrected chi connectivity index (χ3v) is 0.327. The molecule has 0 spiro atoms.